The summed E-state index contributed by atoms with van der Waals surface area (Å²) in [4.78, 5) is 25.8. The van der Waals surface area contributed by atoms with E-state index in [0.717, 1.165) is 18.4 Å². The lowest BCUT2D eigenvalue weighted by Crippen LogP contribution is -2.56. The maximum absolute atomic E-state index is 13.3. The van der Waals surface area contributed by atoms with Gasteiger partial charge >= 0.3 is 12.1 Å². The molecule has 0 radical (unpaired) electrons. The van der Waals surface area contributed by atoms with Gasteiger partial charge in [0, 0.05) is 37.9 Å². The molecule has 11 nitrogen and oxygen atoms in total. The largest absolute Gasteiger partial charge is 0.465 e. The van der Waals surface area contributed by atoms with Crippen LogP contribution in [-0.4, -0.2) is 105 Å². The molecule has 2 fully saturated rings. The monoisotopic (exact) mass is 542 g/mol. The summed E-state index contributed by atoms with van der Waals surface area (Å²) in [5.74, 6) is 0.378. The fourth-order valence-corrected chi connectivity index (χ4v) is 4.94. The number of carbonyl (C=O) groups is 2. The maximum Gasteiger partial charge on any atom is 0.404 e. The molecular formula is C25H39ClN4O7. The first-order chi connectivity index (χ1) is 17.9. The molecule has 5 N–H and O–H groups in total. The summed E-state index contributed by atoms with van der Waals surface area (Å²) in [6.07, 6.45) is -0.400. The SMILES string of the molecule is CNC[C@@H](O)[C@H](CC1CCOCC1)NC(=O)N1CCO[C@@H]([C@@H](OCCNC(=O)O)c2cccc(Cl)c2)C1. The minimum Gasteiger partial charge on any atom is -0.465 e. The van der Waals surface area contributed by atoms with Crippen LogP contribution in [0.4, 0.5) is 9.59 Å². The van der Waals surface area contributed by atoms with E-state index in [2.05, 4.69) is 16.0 Å². The minimum atomic E-state index is -1.13. The van der Waals surface area contributed by atoms with Crippen LogP contribution in [0.15, 0.2) is 24.3 Å². The van der Waals surface area contributed by atoms with Crippen LogP contribution >= 0.6 is 11.6 Å². The van der Waals surface area contributed by atoms with E-state index in [1.54, 1.807) is 30.1 Å². The zero-order chi connectivity index (χ0) is 26.6. The second-order valence-electron chi connectivity index (χ2n) is 9.41. The first kappa shape index (κ1) is 29.4. The number of nitrogens with zero attached hydrogens (tertiary/aromatic N) is 1. The summed E-state index contributed by atoms with van der Waals surface area (Å²) in [7, 11) is 1.77. The number of ether oxygens (including phenoxy) is 3. The molecule has 1 aromatic carbocycles. The zero-order valence-corrected chi connectivity index (χ0v) is 22.0. The van der Waals surface area contributed by atoms with Crippen molar-refractivity contribution in [1.82, 2.24) is 20.9 Å². The van der Waals surface area contributed by atoms with Gasteiger partial charge in [0.2, 0.25) is 0 Å². The lowest BCUT2D eigenvalue weighted by atomic mass is 9.90. The highest BCUT2D eigenvalue weighted by molar-refractivity contribution is 6.30. The lowest BCUT2D eigenvalue weighted by Gasteiger charge is -2.38. The highest BCUT2D eigenvalue weighted by Crippen LogP contribution is 2.28. The molecular weight excluding hydrogens is 504 g/mol. The molecule has 3 amide bonds. The molecule has 1 aromatic rings. The average molecular weight is 543 g/mol. The van der Waals surface area contributed by atoms with Gasteiger partial charge in [0.25, 0.3) is 0 Å². The number of urea groups is 1. The van der Waals surface area contributed by atoms with Gasteiger partial charge in [0.1, 0.15) is 12.2 Å². The number of morpholine rings is 1. The molecule has 0 aromatic heterocycles. The smallest absolute Gasteiger partial charge is 0.404 e. The number of halogens is 1. The van der Waals surface area contributed by atoms with Crippen LogP contribution in [0.25, 0.3) is 0 Å². The van der Waals surface area contributed by atoms with Crippen LogP contribution in [0.2, 0.25) is 5.02 Å². The van der Waals surface area contributed by atoms with Gasteiger partial charge in [-0.05, 0) is 49.9 Å². The van der Waals surface area contributed by atoms with Crippen molar-refractivity contribution in [2.75, 3.05) is 59.7 Å². The first-order valence-corrected chi connectivity index (χ1v) is 13.2. The van der Waals surface area contributed by atoms with Crippen LogP contribution in [0, 0.1) is 5.92 Å². The molecule has 2 heterocycles. The summed E-state index contributed by atoms with van der Waals surface area (Å²) in [6.45, 7) is 2.99. The number of aliphatic hydroxyl groups excluding tert-OH is 1. The molecule has 0 unspecified atom stereocenters. The summed E-state index contributed by atoms with van der Waals surface area (Å²) in [5.41, 5.74) is 0.775. The Labute approximate surface area is 222 Å². The number of carboxylic acid groups (broad SMARTS) is 1. The molecule has 0 spiro atoms. The predicted molar refractivity (Wildman–Crippen MR) is 138 cm³/mol. The van der Waals surface area contributed by atoms with E-state index in [1.807, 2.05) is 6.07 Å². The average Bonchev–Trinajstić information content (AvgIpc) is 2.89. The number of aliphatic hydroxyl groups is 1. The van der Waals surface area contributed by atoms with E-state index < -0.39 is 30.4 Å². The van der Waals surface area contributed by atoms with Gasteiger partial charge in [-0.25, -0.2) is 9.59 Å². The van der Waals surface area contributed by atoms with Gasteiger partial charge in [0.15, 0.2) is 0 Å². The molecule has 4 atom stereocenters. The highest BCUT2D eigenvalue weighted by Gasteiger charge is 2.34. The van der Waals surface area contributed by atoms with Crippen LogP contribution < -0.4 is 16.0 Å². The third kappa shape index (κ3) is 9.59. The highest BCUT2D eigenvalue weighted by atomic mass is 35.5. The van der Waals surface area contributed by atoms with Crippen molar-refractivity contribution in [1.29, 1.82) is 0 Å². The normalized spacial score (nSPS) is 21.2. The van der Waals surface area contributed by atoms with Crippen molar-refractivity contribution in [2.24, 2.45) is 5.92 Å². The maximum atomic E-state index is 13.3. The second-order valence-corrected chi connectivity index (χ2v) is 9.84. The minimum absolute atomic E-state index is 0.112. The van der Waals surface area contributed by atoms with Gasteiger partial charge in [-0.15, -0.1) is 0 Å². The van der Waals surface area contributed by atoms with E-state index in [-0.39, 0.29) is 25.7 Å². The molecule has 37 heavy (non-hydrogen) atoms. The molecule has 0 aliphatic carbocycles. The summed E-state index contributed by atoms with van der Waals surface area (Å²) >= 11 is 6.20. The van der Waals surface area contributed by atoms with E-state index in [1.165, 1.54) is 0 Å². The van der Waals surface area contributed by atoms with E-state index in [0.29, 0.717) is 50.3 Å². The Bertz CT molecular complexity index is 858. The summed E-state index contributed by atoms with van der Waals surface area (Å²) < 4.78 is 17.5. The molecule has 208 valence electrons. The van der Waals surface area contributed by atoms with E-state index in [4.69, 9.17) is 30.9 Å². The summed E-state index contributed by atoms with van der Waals surface area (Å²) in [6, 6.07) is 6.54. The molecule has 3 rings (SSSR count). The van der Waals surface area contributed by atoms with E-state index >= 15 is 0 Å². The third-order valence-electron chi connectivity index (χ3n) is 6.69. The van der Waals surface area contributed by atoms with Crippen LogP contribution in [0.3, 0.4) is 0 Å². The molecule has 2 aliphatic rings. The fourth-order valence-electron chi connectivity index (χ4n) is 4.74. The topological polar surface area (TPSA) is 142 Å². The zero-order valence-electron chi connectivity index (χ0n) is 21.2. The third-order valence-corrected chi connectivity index (χ3v) is 6.92. The van der Waals surface area contributed by atoms with Gasteiger partial charge in [0.05, 0.1) is 31.9 Å². The fraction of sp³-hybridized carbons (Fsp3) is 0.680. The first-order valence-electron chi connectivity index (χ1n) is 12.8. The van der Waals surface area contributed by atoms with Crippen molar-refractivity contribution >= 4 is 23.7 Å². The number of nitrogens with one attached hydrogen (secondary N) is 3. The van der Waals surface area contributed by atoms with Crippen molar-refractivity contribution in [2.45, 2.75) is 43.6 Å². The Kier molecular flexibility index (Phi) is 12.2. The standard InChI is InChI=1S/C25H39ClN4O7/c1-27-15-21(31)20(13-17-5-9-35-10-6-17)29-24(32)30-8-12-36-22(16-30)23(37-11-7-28-25(33)34)18-3-2-4-19(26)14-18/h2-4,14,17,20-23,27-28,31H,5-13,15-16H2,1H3,(H,29,32)(H,33,34)/t20-,21+,22+,23-/m0/s1. The number of likely N-dealkylation sites (N-methyl/N-ethyl adjacent to an activating group) is 1. The summed E-state index contributed by atoms with van der Waals surface area (Å²) in [5, 5.41) is 28.4. The number of hydrogen-bond acceptors (Lipinski definition) is 7. The quantitative estimate of drug-likeness (QED) is 0.252. The Morgan fingerprint density at radius 1 is 1.27 bits per heavy atom. The van der Waals surface area contributed by atoms with Crippen molar-refractivity contribution in [3.05, 3.63) is 34.9 Å². The van der Waals surface area contributed by atoms with Gasteiger partial charge in [-0.3, -0.25) is 0 Å². The van der Waals surface area contributed by atoms with Gasteiger partial charge < -0.3 is 45.3 Å². The van der Waals surface area contributed by atoms with Crippen LogP contribution in [-0.2, 0) is 14.2 Å². The second kappa shape index (κ2) is 15.3. The van der Waals surface area contributed by atoms with Crippen molar-refractivity contribution in [3.63, 3.8) is 0 Å². The number of carbonyl (C=O) groups excluding carboxylic acids is 1. The number of benzene rings is 1. The molecule has 0 saturated carbocycles. The molecule has 12 heteroatoms. The predicted octanol–water partition coefficient (Wildman–Crippen LogP) is 1.84. The molecule has 2 aliphatic heterocycles. The number of amides is 3. The van der Waals surface area contributed by atoms with Crippen LogP contribution in [0.5, 0.6) is 0 Å². The molecule has 0 bridgehead atoms. The molecule has 2 saturated heterocycles. The van der Waals surface area contributed by atoms with Crippen molar-refractivity contribution in [3.8, 4) is 0 Å². The number of hydrogen-bond donors (Lipinski definition) is 5. The van der Waals surface area contributed by atoms with Gasteiger partial charge in [-0.2, -0.15) is 0 Å². The van der Waals surface area contributed by atoms with Gasteiger partial charge in [-0.1, -0.05) is 23.7 Å². The Morgan fingerprint density at radius 2 is 2.05 bits per heavy atom. The lowest BCUT2D eigenvalue weighted by molar-refractivity contribution is -0.105. The Balaban J connectivity index is 1.66. The Hall–Kier alpha value is -2.15. The Morgan fingerprint density at radius 3 is 2.76 bits per heavy atom. The van der Waals surface area contributed by atoms with Crippen molar-refractivity contribution < 1.29 is 34.0 Å². The number of rotatable bonds is 12. The van der Waals surface area contributed by atoms with E-state index in [9.17, 15) is 14.7 Å². The van der Waals surface area contributed by atoms with Crippen LogP contribution in [0.1, 0.15) is 30.9 Å².